The Kier molecular flexibility index (Phi) is 2.04. The molecule has 4 heteroatoms. The number of fused-ring (bicyclic) bond motifs is 2. The second kappa shape index (κ2) is 3.42. The van der Waals surface area contributed by atoms with Crippen LogP contribution in [0.2, 0.25) is 0 Å². The number of aryl methyl sites for hydroxylation is 1. The molecular weight excluding hydrogens is 204 g/mol. The van der Waals surface area contributed by atoms with Gasteiger partial charge in [-0.25, -0.2) is 4.98 Å². The number of rotatable bonds is 1. The molecule has 0 unspecified atom stereocenters. The lowest BCUT2D eigenvalue weighted by atomic mass is 10.1. The van der Waals surface area contributed by atoms with E-state index < -0.39 is 0 Å². The third-order valence-corrected chi connectivity index (χ3v) is 3.06. The predicted octanol–water partition coefficient (Wildman–Crippen LogP) is 0.835. The van der Waals surface area contributed by atoms with E-state index in [1.165, 1.54) is 0 Å². The van der Waals surface area contributed by atoms with Gasteiger partial charge in [-0.05, 0) is 24.1 Å². The number of hydrogen-bond acceptors (Lipinski definition) is 3. The van der Waals surface area contributed by atoms with Gasteiger partial charge in [0.05, 0.1) is 17.5 Å². The van der Waals surface area contributed by atoms with E-state index in [4.69, 9.17) is 5.11 Å². The van der Waals surface area contributed by atoms with Crippen LogP contribution >= 0.6 is 0 Å². The minimum Gasteiger partial charge on any atom is -0.392 e. The Bertz CT molecular complexity index is 616. The van der Waals surface area contributed by atoms with Crippen LogP contribution < -0.4 is 5.56 Å². The molecular formula is C12H12N2O2. The topological polar surface area (TPSA) is 55.1 Å². The van der Waals surface area contributed by atoms with Crippen molar-refractivity contribution in [3.05, 3.63) is 39.9 Å². The summed E-state index contributed by atoms with van der Waals surface area (Å²) in [5.41, 5.74) is 1.51. The number of aromatic nitrogens is 2. The van der Waals surface area contributed by atoms with Crippen molar-refractivity contribution < 1.29 is 5.11 Å². The van der Waals surface area contributed by atoms with E-state index in [9.17, 15) is 4.79 Å². The Hall–Kier alpha value is -1.68. The Morgan fingerprint density at radius 3 is 3.12 bits per heavy atom. The largest absolute Gasteiger partial charge is 0.392 e. The summed E-state index contributed by atoms with van der Waals surface area (Å²) in [5.74, 6) is 0.884. The molecule has 16 heavy (non-hydrogen) atoms. The lowest BCUT2D eigenvalue weighted by Crippen LogP contribution is -2.20. The van der Waals surface area contributed by atoms with Gasteiger partial charge in [-0.2, -0.15) is 0 Å². The molecule has 2 aromatic rings. The summed E-state index contributed by atoms with van der Waals surface area (Å²) in [6.45, 7) is 0.720. The number of hydrogen-bond donors (Lipinski definition) is 1. The molecule has 1 N–H and O–H groups in total. The molecule has 0 aliphatic carbocycles. The van der Waals surface area contributed by atoms with Gasteiger partial charge in [0.2, 0.25) is 0 Å². The lowest BCUT2D eigenvalue weighted by molar-refractivity contribution is 0.282. The van der Waals surface area contributed by atoms with Crippen LogP contribution in [-0.4, -0.2) is 14.7 Å². The third kappa shape index (κ3) is 1.27. The number of nitrogens with zero attached hydrogens (tertiary/aromatic N) is 2. The van der Waals surface area contributed by atoms with E-state index in [1.54, 1.807) is 22.8 Å². The van der Waals surface area contributed by atoms with E-state index in [0.717, 1.165) is 36.3 Å². The summed E-state index contributed by atoms with van der Waals surface area (Å²) in [4.78, 5) is 16.6. The van der Waals surface area contributed by atoms with Gasteiger partial charge in [0, 0.05) is 13.0 Å². The number of aliphatic hydroxyl groups excluding tert-OH is 1. The van der Waals surface area contributed by atoms with Crippen molar-refractivity contribution in [2.45, 2.75) is 26.0 Å². The summed E-state index contributed by atoms with van der Waals surface area (Å²) in [6, 6.07) is 5.35. The first-order chi connectivity index (χ1) is 7.79. The highest BCUT2D eigenvalue weighted by molar-refractivity contribution is 5.78. The van der Waals surface area contributed by atoms with Crippen LogP contribution in [0, 0.1) is 0 Å². The third-order valence-electron chi connectivity index (χ3n) is 3.06. The van der Waals surface area contributed by atoms with Crippen LogP contribution in [0.3, 0.4) is 0 Å². The first-order valence-electron chi connectivity index (χ1n) is 5.43. The maximum Gasteiger partial charge on any atom is 0.261 e. The van der Waals surface area contributed by atoms with Crippen LogP contribution in [-0.2, 0) is 19.6 Å². The van der Waals surface area contributed by atoms with Crippen molar-refractivity contribution in [1.82, 2.24) is 9.55 Å². The number of aliphatic hydroxyl groups is 1. The van der Waals surface area contributed by atoms with E-state index in [-0.39, 0.29) is 12.2 Å². The average molecular weight is 216 g/mol. The van der Waals surface area contributed by atoms with Gasteiger partial charge < -0.3 is 5.11 Å². The molecule has 1 aromatic carbocycles. The van der Waals surface area contributed by atoms with Crippen LogP contribution in [0.15, 0.2) is 23.0 Å². The van der Waals surface area contributed by atoms with Gasteiger partial charge in [-0.3, -0.25) is 9.36 Å². The lowest BCUT2D eigenvalue weighted by Gasteiger charge is -2.05. The Labute approximate surface area is 92.2 Å². The highest BCUT2D eigenvalue weighted by Gasteiger charge is 2.15. The van der Waals surface area contributed by atoms with Crippen LogP contribution in [0.4, 0.5) is 0 Å². The Morgan fingerprint density at radius 1 is 1.44 bits per heavy atom. The number of benzene rings is 1. The molecule has 0 atom stereocenters. The summed E-state index contributed by atoms with van der Waals surface area (Å²) >= 11 is 0. The SMILES string of the molecule is O=c1c2cc(CO)ccc2nc2n1CCC2. The maximum absolute atomic E-state index is 12.1. The Morgan fingerprint density at radius 2 is 2.31 bits per heavy atom. The summed E-state index contributed by atoms with van der Waals surface area (Å²) in [7, 11) is 0. The first-order valence-corrected chi connectivity index (χ1v) is 5.43. The first kappa shape index (κ1) is 9.54. The molecule has 4 nitrogen and oxygen atoms in total. The monoisotopic (exact) mass is 216 g/mol. The molecule has 1 aliphatic heterocycles. The predicted molar refractivity (Wildman–Crippen MR) is 60.2 cm³/mol. The van der Waals surface area contributed by atoms with Crippen LogP contribution in [0.5, 0.6) is 0 Å². The van der Waals surface area contributed by atoms with E-state index in [1.807, 2.05) is 0 Å². The van der Waals surface area contributed by atoms with E-state index >= 15 is 0 Å². The van der Waals surface area contributed by atoms with Crippen molar-refractivity contribution in [2.24, 2.45) is 0 Å². The molecule has 0 amide bonds. The molecule has 1 aliphatic rings. The second-order valence-corrected chi connectivity index (χ2v) is 4.10. The molecule has 3 rings (SSSR count). The standard InChI is InChI=1S/C12H12N2O2/c15-7-8-3-4-10-9(6-8)12(16)14-5-1-2-11(14)13-10/h3-4,6,15H,1-2,5,7H2. The molecule has 0 bridgehead atoms. The molecule has 82 valence electrons. The zero-order valence-electron chi connectivity index (χ0n) is 8.81. The smallest absolute Gasteiger partial charge is 0.261 e. The van der Waals surface area contributed by atoms with Gasteiger partial charge in [0.1, 0.15) is 5.82 Å². The van der Waals surface area contributed by atoms with Gasteiger partial charge >= 0.3 is 0 Å². The van der Waals surface area contributed by atoms with E-state index in [0.29, 0.717) is 5.39 Å². The van der Waals surface area contributed by atoms with Crippen LogP contribution in [0.1, 0.15) is 17.8 Å². The quantitative estimate of drug-likeness (QED) is 0.768. The van der Waals surface area contributed by atoms with Crippen molar-refractivity contribution in [2.75, 3.05) is 0 Å². The maximum atomic E-state index is 12.1. The highest BCUT2D eigenvalue weighted by Crippen LogP contribution is 2.15. The van der Waals surface area contributed by atoms with Gasteiger partial charge in [0.25, 0.3) is 5.56 Å². The molecule has 0 fully saturated rings. The molecule has 0 radical (unpaired) electrons. The molecule has 2 heterocycles. The zero-order valence-corrected chi connectivity index (χ0v) is 8.81. The average Bonchev–Trinajstić information content (AvgIpc) is 2.77. The van der Waals surface area contributed by atoms with Gasteiger partial charge in [0.15, 0.2) is 0 Å². The molecule has 1 aromatic heterocycles. The Balaban J connectivity index is 2.38. The fourth-order valence-corrected chi connectivity index (χ4v) is 2.23. The van der Waals surface area contributed by atoms with Gasteiger partial charge in [-0.15, -0.1) is 0 Å². The normalized spacial score (nSPS) is 14.3. The fraction of sp³-hybridized carbons (Fsp3) is 0.333. The minimum absolute atomic E-state index is 0.0211. The van der Waals surface area contributed by atoms with E-state index in [2.05, 4.69) is 4.98 Å². The van der Waals surface area contributed by atoms with Crippen molar-refractivity contribution in [1.29, 1.82) is 0 Å². The summed E-state index contributed by atoms with van der Waals surface area (Å²) < 4.78 is 1.74. The summed E-state index contributed by atoms with van der Waals surface area (Å²) in [5, 5.41) is 9.66. The zero-order chi connectivity index (χ0) is 11.1. The fourth-order valence-electron chi connectivity index (χ4n) is 2.23. The molecule has 0 saturated heterocycles. The van der Waals surface area contributed by atoms with Crippen molar-refractivity contribution in [3.63, 3.8) is 0 Å². The van der Waals surface area contributed by atoms with Crippen molar-refractivity contribution in [3.8, 4) is 0 Å². The van der Waals surface area contributed by atoms with Crippen LogP contribution in [0.25, 0.3) is 10.9 Å². The molecule has 0 saturated carbocycles. The molecule has 0 spiro atoms. The minimum atomic E-state index is -0.0445. The van der Waals surface area contributed by atoms with Gasteiger partial charge in [-0.1, -0.05) is 6.07 Å². The second-order valence-electron chi connectivity index (χ2n) is 4.10. The highest BCUT2D eigenvalue weighted by atomic mass is 16.3. The van der Waals surface area contributed by atoms with Crippen molar-refractivity contribution >= 4 is 10.9 Å². The summed E-state index contributed by atoms with van der Waals surface area (Å²) in [6.07, 6.45) is 1.87.